The molecule has 8 atom stereocenters. The van der Waals surface area contributed by atoms with Gasteiger partial charge in [-0.15, -0.1) is 0 Å². The van der Waals surface area contributed by atoms with Gasteiger partial charge in [0, 0.05) is 0 Å². The summed E-state index contributed by atoms with van der Waals surface area (Å²) in [5.41, 5.74) is -1.10. The van der Waals surface area contributed by atoms with Crippen LogP contribution in [0.15, 0.2) is 11.0 Å². The molecule has 4 N–H and O–H groups in total. The fourth-order valence-electron chi connectivity index (χ4n) is 3.78. The summed E-state index contributed by atoms with van der Waals surface area (Å²) in [6.07, 6.45) is -8.76. The van der Waals surface area contributed by atoms with Crippen molar-refractivity contribution in [3.63, 3.8) is 0 Å². The van der Waals surface area contributed by atoms with Crippen LogP contribution in [0, 0.1) is 5.82 Å². The van der Waals surface area contributed by atoms with Crippen LogP contribution in [0.25, 0.3) is 0 Å². The van der Waals surface area contributed by atoms with Crippen LogP contribution in [0.5, 0.6) is 0 Å². The highest BCUT2D eigenvalue weighted by Gasteiger charge is 2.48. The van der Waals surface area contributed by atoms with Gasteiger partial charge >= 0.3 is 11.8 Å². The molecule has 3 heterocycles. The number of carbonyl (C=O) groups is 1. The van der Waals surface area contributed by atoms with Crippen molar-refractivity contribution in [3.05, 3.63) is 22.5 Å². The van der Waals surface area contributed by atoms with Gasteiger partial charge < -0.3 is 34.6 Å². The summed E-state index contributed by atoms with van der Waals surface area (Å²) in [7, 11) is 0. The summed E-state index contributed by atoms with van der Waals surface area (Å²) in [6.45, 7) is 4.88. The molecule has 13 heteroatoms. The molecule has 0 aliphatic carbocycles. The number of halogens is 1. The van der Waals surface area contributed by atoms with Crippen LogP contribution in [0.1, 0.15) is 46.3 Å². The molecule has 1 aromatic heterocycles. The predicted octanol–water partition coefficient (Wildman–Crippen LogP) is -0.379. The molecule has 3 rings (SSSR count). The van der Waals surface area contributed by atoms with Gasteiger partial charge in [0.05, 0.1) is 25.0 Å². The molecule has 1 amide bonds. The van der Waals surface area contributed by atoms with Crippen molar-refractivity contribution < 1.29 is 43.8 Å². The molecule has 0 bridgehead atoms. The topological polar surface area (TPSA) is 164 Å². The molecule has 0 saturated carbocycles. The molecule has 2 aliphatic rings. The van der Waals surface area contributed by atoms with Gasteiger partial charge in [-0.05, 0) is 20.3 Å². The number of ether oxygens (including phenoxy) is 3. The Kier molecular flexibility index (Phi) is 8.03. The second-order valence-electron chi connectivity index (χ2n) is 8.22. The molecule has 186 valence electrons. The number of amides is 1. The lowest BCUT2D eigenvalue weighted by Crippen LogP contribution is -2.49. The van der Waals surface area contributed by atoms with Crippen molar-refractivity contribution in [3.8, 4) is 0 Å². The van der Waals surface area contributed by atoms with E-state index in [9.17, 15) is 30.0 Å². The maximum absolute atomic E-state index is 15.2. The fraction of sp³-hybridized carbons (Fsp3) is 0.750. The summed E-state index contributed by atoms with van der Waals surface area (Å²) in [6, 6.07) is 0. The zero-order valence-corrected chi connectivity index (χ0v) is 18.6. The molecule has 12 nitrogen and oxygen atoms in total. The lowest BCUT2D eigenvalue weighted by molar-refractivity contribution is -0.0356. The number of aromatic nitrogens is 2. The van der Waals surface area contributed by atoms with Crippen molar-refractivity contribution >= 4 is 11.9 Å². The van der Waals surface area contributed by atoms with Crippen LogP contribution in [-0.4, -0.2) is 85.5 Å². The van der Waals surface area contributed by atoms with Crippen LogP contribution in [0.4, 0.5) is 15.0 Å². The Hall–Kier alpha value is -2.16. The molecular formula is C20H30FN3O9. The van der Waals surface area contributed by atoms with E-state index in [0.29, 0.717) is 22.1 Å². The molecule has 0 spiro atoms. The van der Waals surface area contributed by atoms with E-state index in [1.165, 1.54) is 13.8 Å². The van der Waals surface area contributed by atoms with E-state index in [2.05, 4.69) is 4.98 Å². The van der Waals surface area contributed by atoms with Crippen LogP contribution >= 0.6 is 0 Å². The van der Waals surface area contributed by atoms with Gasteiger partial charge in [-0.25, -0.2) is 18.9 Å². The molecule has 33 heavy (non-hydrogen) atoms. The van der Waals surface area contributed by atoms with E-state index in [-0.39, 0.29) is 6.61 Å². The van der Waals surface area contributed by atoms with E-state index in [1.807, 2.05) is 6.92 Å². The second-order valence-corrected chi connectivity index (χ2v) is 8.22. The molecule has 0 unspecified atom stereocenters. The SMILES string of the molecule is CCCCCOC(=O)N(c1nc(=O)n([C@@H]2O[C@H](C)[C@@H](O)[C@H]2O)cc1F)[C@@H]1O[C@H](C)[C@@H](O)[C@H]1O. The summed E-state index contributed by atoms with van der Waals surface area (Å²) in [5, 5.41) is 40.4. The second kappa shape index (κ2) is 10.4. The van der Waals surface area contributed by atoms with E-state index in [1.54, 1.807) is 0 Å². The van der Waals surface area contributed by atoms with Crippen molar-refractivity contribution in [1.29, 1.82) is 0 Å². The van der Waals surface area contributed by atoms with E-state index >= 15 is 4.39 Å². The number of aliphatic hydroxyl groups is 4. The first-order valence-electron chi connectivity index (χ1n) is 10.9. The Morgan fingerprint density at radius 1 is 1.12 bits per heavy atom. The van der Waals surface area contributed by atoms with E-state index < -0.39 is 72.5 Å². The van der Waals surface area contributed by atoms with Gasteiger partial charge in [-0.1, -0.05) is 19.8 Å². The average Bonchev–Trinajstić information content (AvgIpc) is 3.18. The Balaban J connectivity index is 1.95. The standard InChI is InChI=1S/C20H30FN3O9/c1-4-5-6-7-31-20(30)24(18-15(28)13(26)10(3)33-18)16-11(21)8-23(19(29)22-16)17-14(27)12(25)9(2)32-17/h8-10,12-15,17-18,25-28H,4-7H2,1-3H3/t9-,10-,12-,13-,14-,15-,17-,18-/m1/s1. The predicted molar refractivity (Wildman–Crippen MR) is 110 cm³/mol. The Bertz CT molecular complexity index is 900. The molecule has 0 aromatic carbocycles. The van der Waals surface area contributed by atoms with Crippen molar-refractivity contribution in [2.45, 2.75) is 89.1 Å². The average molecular weight is 475 g/mol. The zero-order valence-electron chi connectivity index (χ0n) is 18.6. The molecule has 1 aromatic rings. The molecule has 2 saturated heterocycles. The number of rotatable bonds is 7. The number of carbonyl (C=O) groups excluding carboxylic acids is 1. The Morgan fingerprint density at radius 2 is 1.76 bits per heavy atom. The molecule has 2 aliphatic heterocycles. The molecular weight excluding hydrogens is 445 g/mol. The van der Waals surface area contributed by atoms with Gasteiger partial charge in [0.1, 0.15) is 24.4 Å². The summed E-state index contributed by atoms with van der Waals surface area (Å²) in [4.78, 5) is 29.6. The Labute approximate surface area is 189 Å². The maximum atomic E-state index is 15.2. The van der Waals surface area contributed by atoms with Gasteiger partial charge in [0.25, 0.3) is 0 Å². The zero-order chi connectivity index (χ0) is 24.4. The quantitative estimate of drug-likeness (QED) is 0.382. The lowest BCUT2D eigenvalue weighted by atomic mass is 10.1. The van der Waals surface area contributed by atoms with Crippen molar-refractivity contribution in [2.24, 2.45) is 0 Å². The minimum Gasteiger partial charge on any atom is -0.449 e. The smallest absolute Gasteiger partial charge is 0.417 e. The summed E-state index contributed by atoms with van der Waals surface area (Å²) in [5.74, 6) is -1.97. The normalized spacial score (nSPS) is 33.9. The highest BCUT2D eigenvalue weighted by atomic mass is 19.1. The van der Waals surface area contributed by atoms with Crippen LogP contribution in [0.2, 0.25) is 0 Å². The first kappa shape index (κ1) is 25.5. The third-order valence-electron chi connectivity index (χ3n) is 5.77. The first-order chi connectivity index (χ1) is 15.6. The number of aliphatic hydroxyl groups excluding tert-OH is 4. The van der Waals surface area contributed by atoms with Crippen LogP contribution in [-0.2, 0) is 14.2 Å². The highest BCUT2D eigenvalue weighted by molar-refractivity contribution is 5.87. The summed E-state index contributed by atoms with van der Waals surface area (Å²) >= 11 is 0. The summed E-state index contributed by atoms with van der Waals surface area (Å²) < 4.78 is 31.7. The van der Waals surface area contributed by atoms with E-state index in [4.69, 9.17) is 14.2 Å². The minimum absolute atomic E-state index is 0.000659. The number of hydrogen-bond donors (Lipinski definition) is 4. The van der Waals surface area contributed by atoms with Gasteiger partial charge in [0.2, 0.25) is 0 Å². The Morgan fingerprint density at radius 3 is 2.30 bits per heavy atom. The van der Waals surface area contributed by atoms with Crippen molar-refractivity contribution in [1.82, 2.24) is 9.55 Å². The monoisotopic (exact) mass is 475 g/mol. The molecule has 2 fully saturated rings. The number of unbranched alkanes of at least 4 members (excludes halogenated alkanes) is 2. The lowest BCUT2D eigenvalue weighted by Gasteiger charge is -2.29. The van der Waals surface area contributed by atoms with Gasteiger partial charge in [0.15, 0.2) is 24.1 Å². The number of anilines is 1. The highest BCUT2D eigenvalue weighted by Crippen LogP contribution is 2.31. The first-order valence-corrected chi connectivity index (χ1v) is 10.9. The van der Waals surface area contributed by atoms with E-state index in [0.717, 1.165) is 12.8 Å². The largest absolute Gasteiger partial charge is 0.449 e. The fourth-order valence-corrected chi connectivity index (χ4v) is 3.78. The van der Waals surface area contributed by atoms with Gasteiger partial charge in [-0.2, -0.15) is 4.98 Å². The maximum Gasteiger partial charge on any atom is 0.417 e. The van der Waals surface area contributed by atoms with Crippen LogP contribution in [0.3, 0.4) is 0 Å². The molecule has 0 radical (unpaired) electrons. The van der Waals surface area contributed by atoms with Gasteiger partial charge in [-0.3, -0.25) is 4.57 Å². The number of hydrogen-bond acceptors (Lipinski definition) is 10. The third-order valence-corrected chi connectivity index (χ3v) is 5.77. The minimum atomic E-state index is -1.62. The third kappa shape index (κ3) is 5.03. The van der Waals surface area contributed by atoms with Crippen molar-refractivity contribution in [2.75, 3.05) is 11.5 Å². The van der Waals surface area contributed by atoms with Crippen LogP contribution < -0.4 is 10.6 Å². The number of nitrogens with zero attached hydrogens (tertiary/aromatic N) is 3.